The molecule has 0 radical (unpaired) electrons. The molecule has 0 atom stereocenters. The highest BCUT2D eigenvalue weighted by atomic mass is 16.4. The second kappa shape index (κ2) is 5.37. The Bertz CT molecular complexity index is 942. The summed E-state index contributed by atoms with van der Waals surface area (Å²) in [5.41, 5.74) is 0.316. The van der Waals surface area contributed by atoms with Gasteiger partial charge in [0.15, 0.2) is 11.6 Å². The number of carbonyl (C=O) groups is 2. The van der Waals surface area contributed by atoms with Crippen molar-refractivity contribution in [3.63, 3.8) is 0 Å². The van der Waals surface area contributed by atoms with Gasteiger partial charge in [0.1, 0.15) is 5.58 Å². The first-order chi connectivity index (χ1) is 10.6. The Morgan fingerprint density at radius 1 is 1.00 bits per heavy atom. The molecule has 0 amide bonds. The third-order valence-corrected chi connectivity index (χ3v) is 3.33. The minimum Gasteiger partial charge on any atom is -0.422 e. The Hall–Kier alpha value is -3.08. The van der Waals surface area contributed by atoms with E-state index in [2.05, 4.69) is 4.98 Å². The zero-order valence-corrected chi connectivity index (χ0v) is 11.7. The molecule has 2 aromatic heterocycles. The molecule has 0 aliphatic heterocycles. The highest BCUT2D eigenvalue weighted by Crippen LogP contribution is 2.24. The predicted molar refractivity (Wildman–Crippen MR) is 80.2 cm³/mol. The lowest BCUT2D eigenvalue weighted by Crippen LogP contribution is -2.10. The highest BCUT2D eigenvalue weighted by molar-refractivity contribution is 6.19. The van der Waals surface area contributed by atoms with Crippen LogP contribution in [-0.4, -0.2) is 16.6 Å². The molecule has 2 heterocycles. The maximum Gasteiger partial charge on any atom is 0.336 e. The van der Waals surface area contributed by atoms with Crippen LogP contribution in [0.25, 0.3) is 11.0 Å². The smallest absolute Gasteiger partial charge is 0.336 e. The fraction of sp³-hybridized carbons (Fsp3) is 0.0588. The van der Waals surface area contributed by atoms with Crippen LogP contribution in [0.15, 0.2) is 58.0 Å². The number of benzene rings is 1. The van der Waals surface area contributed by atoms with Crippen LogP contribution in [-0.2, 0) is 0 Å². The Balaban J connectivity index is 2.30. The largest absolute Gasteiger partial charge is 0.422 e. The minimum atomic E-state index is -0.566. The zero-order chi connectivity index (χ0) is 15.7. The first-order valence-electron chi connectivity index (χ1n) is 6.60. The topological polar surface area (TPSA) is 77.2 Å². The lowest BCUT2D eigenvalue weighted by Gasteiger charge is -2.08. The second-order valence-corrected chi connectivity index (χ2v) is 4.78. The van der Waals surface area contributed by atoms with Gasteiger partial charge in [0, 0.05) is 35.0 Å². The summed E-state index contributed by atoms with van der Waals surface area (Å²) >= 11 is 0. The van der Waals surface area contributed by atoms with Crippen molar-refractivity contribution in [3.8, 4) is 0 Å². The molecule has 0 N–H and O–H groups in total. The van der Waals surface area contributed by atoms with Gasteiger partial charge in [-0.05, 0) is 31.2 Å². The van der Waals surface area contributed by atoms with Gasteiger partial charge in [-0.2, -0.15) is 0 Å². The lowest BCUT2D eigenvalue weighted by molar-refractivity contribution is 0.0990. The van der Waals surface area contributed by atoms with Crippen molar-refractivity contribution in [3.05, 3.63) is 75.9 Å². The maximum atomic E-state index is 12.6. The van der Waals surface area contributed by atoms with Crippen molar-refractivity contribution in [2.24, 2.45) is 0 Å². The predicted octanol–water partition coefficient (Wildman–Crippen LogP) is 2.62. The van der Waals surface area contributed by atoms with Crippen molar-refractivity contribution in [1.82, 2.24) is 4.98 Å². The molecular weight excluding hydrogens is 282 g/mol. The van der Waals surface area contributed by atoms with Gasteiger partial charge in [0.05, 0.1) is 5.56 Å². The Kier molecular flexibility index (Phi) is 3.39. The Labute approximate surface area is 125 Å². The van der Waals surface area contributed by atoms with Crippen LogP contribution in [0.4, 0.5) is 0 Å². The van der Waals surface area contributed by atoms with E-state index in [0.717, 1.165) is 0 Å². The summed E-state index contributed by atoms with van der Waals surface area (Å²) in [5.74, 6) is -0.654. The number of nitrogens with zero attached hydrogens (tertiary/aromatic N) is 1. The standard InChI is InChI=1S/C17H11NO4/c1-10(19)15-13(16(21)11-6-8-18-9-7-11)4-2-12-3-5-14(20)22-17(12)15/h2-9H,1H3. The summed E-state index contributed by atoms with van der Waals surface area (Å²) in [5, 5.41) is 0.594. The summed E-state index contributed by atoms with van der Waals surface area (Å²) in [6.07, 6.45) is 3.00. The molecule has 3 rings (SSSR count). The number of hydrogen-bond donors (Lipinski definition) is 0. The molecule has 0 bridgehead atoms. The monoisotopic (exact) mass is 293 g/mol. The number of Topliss-reactive ketones (excluding diaryl/α,β-unsaturated/α-hetero) is 1. The summed E-state index contributed by atoms with van der Waals surface area (Å²) in [6, 6.07) is 9.20. The van der Waals surface area contributed by atoms with E-state index in [1.165, 1.54) is 25.4 Å². The fourth-order valence-electron chi connectivity index (χ4n) is 2.33. The summed E-state index contributed by atoms with van der Waals surface area (Å²) in [7, 11) is 0. The summed E-state index contributed by atoms with van der Waals surface area (Å²) < 4.78 is 5.14. The molecule has 0 spiro atoms. The molecule has 22 heavy (non-hydrogen) atoms. The minimum absolute atomic E-state index is 0.122. The van der Waals surface area contributed by atoms with Crippen LogP contribution >= 0.6 is 0 Å². The molecule has 0 fully saturated rings. The van der Waals surface area contributed by atoms with E-state index in [1.807, 2.05) is 0 Å². The van der Waals surface area contributed by atoms with E-state index < -0.39 is 5.63 Å². The number of ketones is 2. The Morgan fingerprint density at radius 2 is 1.68 bits per heavy atom. The van der Waals surface area contributed by atoms with E-state index in [0.29, 0.717) is 10.9 Å². The van der Waals surface area contributed by atoms with Gasteiger partial charge < -0.3 is 4.42 Å². The molecule has 5 nitrogen and oxygen atoms in total. The number of rotatable bonds is 3. The summed E-state index contributed by atoms with van der Waals surface area (Å²) in [4.78, 5) is 39.9. The lowest BCUT2D eigenvalue weighted by atomic mass is 9.95. The fourth-order valence-corrected chi connectivity index (χ4v) is 2.33. The zero-order valence-electron chi connectivity index (χ0n) is 11.7. The Morgan fingerprint density at radius 3 is 2.36 bits per heavy atom. The first kappa shape index (κ1) is 13.9. The summed E-state index contributed by atoms with van der Waals surface area (Å²) in [6.45, 7) is 1.34. The van der Waals surface area contributed by atoms with Gasteiger partial charge in [0.25, 0.3) is 0 Å². The van der Waals surface area contributed by atoms with Gasteiger partial charge in [0.2, 0.25) is 0 Å². The van der Waals surface area contributed by atoms with Crippen LogP contribution in [0.2, 0.25) is 0 Å². The van der Waals surface area contributed by atoms with Gasteiger partial charge in [-0.1, -0.05) is 6.07 Å². The van der Waals surface area contributed by atoms with Crippen molar-refractivity contribution in [2.75, 3.05) is 0 Å². The van der Waals surface area contributed by atoms with Crippen LogP contribution in [0.3, 0.4) is 0 Å². The van der Waals surface area contributed by atoms with Crippen molar-refractivity contribution < 1.29 is 14.0 Å². The van der Waals surface area contributed by atoms with Crippen LogP contribution < -0.4 is 5.63 Å². The molecule has 0 unspecified atom stereocenters. The van der Waals surface area contributed by atoms with Crippen molar-refractivity contribution >= 4 is 22.5 Å². The molecular formula is C17H11NO4. The molecule has 0 aliphatic rings. The van der Waals surface area contributed by atoms with Gasteiger partial charge in [-0.3, -0.25) is 14.6 Å². The number of carbonyl (C=O) groups excluding carboxylic acids is 2. The van der Waals surface area contributed by atoms with E-state index in [9.17, 15) is 14.4 Å². The molecule has 0 saturated heterocycles. The van der Waals surface area contributed by atoms with Crippen LogP contribution in [0, 0.1) is 0 Å². The van der Waals surface area contributed by atoms with Crippen LogP contribution in [0.5, 0.6) is 0 Å². The number of hydrogen-bond acceptors (Lipinski definition) is 5. The van der Waals surface area contributed by atoms with Crippen molar-refractivity contribution in [2.45, 2.75) is 6.92 Å². The van der Waals surface area contributed by atoms with Gasteiger partial charge in [-0.25, -0.2) is 4.79 Å². The molecule has 0 aliphatic carbocycles. The molecule has 3 aromatic rings. The highest BCUT2D eigenvalue weighted by Gasteiger charge is 2.20. The molecule has 5 heteroatoms. The first-order valence-corrected chi connectivity index (χ1v) is 6.60. The third kappa shape index (κ3) is 2.33. The van der Waals surface area contributed by atoms with E-state index in [4.69, 9.17) is 4.42 Å². The van der Waals surface area contributed by atoms with Gasteiger partial charge in [-0.15, -0.1) is 0 Å². The van der Waals surface area contributed by atoms with E-state index >= 15 is 0 Å². The SMILES string of the molecule is CC(=O)c1c(C(=O)c2ccncc2)ccc2ccc(=O)oc12. The average molecular weight is 293 g/mol. The van der Waals surface area contributed by atoms with E-state index in [-0.39, 0.29) is 28.3 Å². The maximum absolute atomic E-state index is 12.6. The number of pyridine rings is 1. The molecule has 0 saturated carbocycles. The van der Waals surface area contributed by atoms with Crippen LogP contribution in [0.1, 0.15) is 33.2 Å². The molecule has 1 aromatic carbocycles. The number of aromatic nitrogens is 1. The van der Waals surface area contributed by atoms with Gasteiger partial charge >= 0.3 is 5.63 Å². The third-order valence-electron chi connectivity index (χ3n) is 3.33. The quantitative estimate of drug-likeness (QED) is 0.548. The normalized spacial score (nSPS) is 10.6. The van der Waals surface area contributed by atoms with E-state index in [1.54, 1.807) is 30.3 Å². The second-order valence-electron chi connectivity index (χ2n) is 4.78. The molecule has 108 valence electrons. The van der Waals surface area contributed by atoms with Crippen molar-refractivity contribution in [1.29, 1.82) is 0 Å². The number of fused-ring (bicyclic) bond motifs is 1. The average Bonchev–Trinajstić information content (AvgIpc) is 2.53.